The van der Waals surface area contributed by atoms with Gasteiger partial charge in [-0.25, -0.2) is 8.42 Å². The third-order valence-corrected chi connectivity index (χ3v) is 6.52. The summed E-state index contributed by atoms with van der Waals surface area (Å²) in [5.41, 5.74) is 0. The van der Waals surface area contributed by atoms with Gasteiger partial charge in [0, 0.05) is 26.2 Å². The second-order valence-electron chi connectivity index (χ2n) is 6.63. The van der Waals surface area contributed by atoms with Crippen molar-refractivity contribution >= 4 is 15.9 Å². The van der Waals surface area contributed by atoms with Crippen LogP contribution in [0.5, 0.6) is 11.5 Å². The second kappa shape index (κ2) is 7.21. The van der Waals surface area contributed by atoms with Crippen LogP contribution in [0.1, 0.15) is 19.8 Å². The highest BCUT2D eigenvalue weighted by molar-refractivity contribution is 7.89. The minimum atomic E-state index is -3.77. The van der Waals surface area contributed by atoms with E-state index in [0.717, 1.165) is 17.1 Å². The maximum atomic E-state index is 12.7. The first-order valence-corrected chi connectivity index (χ1v) is 9.95. The Kier molecular flexibility index (Phi) is 5.19. The summed E-state index contributed by atoms with van der Waals surface area (Å²) in [7, 11) is -2.34. The van der Waals surface area contributed by atoms with E-state index in [1.807, 2.05) is 0 Å². The number of fused-ring (bicyclic) bond motifs is 1. The number of nitrogens with zero attached hydrogens (tertiary/aromatic N) is 2. The van der Waals surface area contributed by atoms with Crippen LogP contribution in [-0.2, 0) is 14.8 Å². The fourth-order valence-corrected chi connectivity index (χ4v) is 4.13. The quantitative estimate of drug-likeness (QED) is 0.802. The van der Waals surface area contributed by atoms with Gasteiger partial charge in [0.05, 0.1) is 11.4 Å². The van der Waals surface area contributed by atoms with Crippen molar-refractivity contribution in [2.75, 3.05) is 39.9 Å². The average molecular weight is 368 g/mol. The predicted molar refractivity (Wildman–Crippen MR) is 92.2 cm³/mol. The Morgan fingerprint density at radius 1 is 1.20 bits per heavy atom. The fourth-order valence-electron chi connectivity index (χ4n) is 3.00. The van der Waals surface area contributed by atoms with E-state index in [9.17, 15) is 13.2 Å². The van der Waals surface area contributed by atoms with Crippen LogP contribution in [0.4, 0.5) is 0 Å². The van der Waals surface area contributed by atoms with Gasteiger partial charge in [-0.05, 0) is 30.9 Å². The van der Waals surface area contributed by atoms with Crippen LogP contribution in [0.25, 0.3) is 0 Å². The van der Waals surface area contributed by atoms with Crippen LogP contribution in [0.3, 0.4) is 0 Å². The molecule has 1 amide bonds. The third kappa shape index (κ3) is 3.90. The lowest BCUT2D eigenvalue weighted by Crippen LogP contribution is -2.44. The van der Waals surface area contributed by atoms with Gasteiger partial charge in [0.25, 0.3) is 0 Å². The normalized spacial score (nSPS) is 18.4. The molecular formula is C17H24N2O5S. The molecule has 25 heavy (non-hydrogen) atoms. The van der Waals surface area contributed by atoms with E-state index in [2.05, 4.69) is 6.92 Å². The Labute approximate surface area is 148 Å². The Hall–Kier alpha value is -1.80. The molecule has 2 aliphatic heterocycles. The molecule has 1 saturated heterocycles. The molecule has 138 valence electrons. The number of likely N-dealkylation sites (tertiary alicyclic amines) is 1. The Morgan fingerprint density at radius 2 is 1.84 bits per heavy atom. The van der Waals surface area contributed by atoms with Crippen LogP contribution in [-0.4, -0.2) is 63.4 Å². The van der Waals surface area contributed by atoms with Gasteiger partial charge in [-0.3, -0.25) is 4.79 Å². The van der Waals surface area contributed by atoms with E-state index in [4.69, 9.17) is 9.47 Å². The van der Waals surface area contributed by atoms with Gasteiger partial charge in [-0.15, -0.1) is 0 Å². The first-order valence-electron chi connectivity index (χ1n) is 8.51. The number of piperidine rings is 1. The van der Waals surface area contributed by atoms with Crippen molar-refractivity contribution in [2.45, 2.75) is 24.7 Å². The highest BCUT2D eigenvalue weighted by atomic mass is 32.2. The molecule has 0 aromatic heterocycles. The number of carbonyl (C=O) groups excluding carboxylic acids is 1. The molecule has 1 aromatic rings. The first kappa shape index (κ1) is 18.0. The maximum Gasteiger partial charge on any atom is 0.243 e. The van der Waals surface area contributed by atoms with Crippen molar-refractivity contribution in [1.82, 2.24) is 9.21 Å². The average Bonchev–Trinajstić information content (AvgIpc) is 2.61. The van der Waals surface area contributed by atoms with Gasteiger partial charge in [0.1, 0.15) is 13.2 Å². The van der Waals surface area contributed by atoms with Crippen LogP contribution in [0.2, 0.25) is 0 Å². The lowest BCUT2D eigenvalue weighted by Gasteiger charge is -2.31. The molecule has 0 unspecified atom stereocenters. The molecule has 2 heterocycles. The van der Waals surface area contributed by atoms with E-state index < -0.39 is 10.0 Å². The zero-order valence-electron chi connectivity index (χ0n) is 14.6. The molecular weight excluding hydrogens is 344 g/mol. The number of benzene rings is 1. The van der Waals surface area contributed by atoms with Gasteiger partial charge in [-0.2, -0.15) is 4.31 Å². The summed E-state index contributed by atoms with van der Waals surface area (Å²) in [6.07, 6.45) is 1.93. The second-order valence-corrected chi connectivity index (χ2v) is 8.67. The number of rotatable bonds is 4. The lowest BCUT2D eigenvalue weighted by molar-refractivity contribution is -0.132. The summed E-state index contributed by atoms with van der Waals surface area (Å²) in [4.78, 5) is 14.2. The molecule has 2 aliphatic rings. The number of ether oxygens (including phenoxy) is 2. The van der Waals surface area contributed by atoms with Crippen molar-refractivity contribution in [3.63, 3.8) is 0 Å². The molecule has 0 atom stereocenters. The number of sulfonamides is 1. The van der Waals surface area contributed by atoms with Crippen LogP contribution in [0, 0.1) is 5.92 Å². The Balaban J connectivity index is 1.70. The van der Waals surface area contributed by atoms with Gasteiger partial charge in [0.15, 0.2) is 11.5 Å². The Bertz CT molecular complexity index is 741. The van der Waals surface area contributed by atoms with Crippen LogP contribution in [0.15, 0.2) is 23.1 Å². The fraction of sp³-hybridized carbons (Fsp3) is 0.588. The molecule has 0 aliphatic carbocycles. The summed E-state index contributed by atoms with van der Waals surface area (Å²) in [5, 5.41) is 0. The molecule has 8 heteroatoms. The minimum Gasteiger partial charge on any atom is -0.486 e. The van der Waals surface area contributed by atoms with E-state index in [0.29, 0.717) is 43.7 Å². The minimum absolute atomic E-state index is 0.0966. The molecule has 0 saturated carbocycles. The summed E-state index contributed by atoms with van der Waals surface area (Å²) < 4.78 is 37.4. The number of hydrogen-bond acceptors (Lipinski definition) is 5. The highest BCUT2D eigenvalue weighted by Gasteiger charge is 2.28. The number of likely N-dealkylation sites (N-methyl/N-ethyl adjacent to an activating group) is 1. The number of carbonyl (C=O) groups is 1. The summed E-state index contributed by atoms with van der Waals surface area (Å²) >= 11 is 0. The molecule has 0 spiro atoms. The van der Waals surface area contributed by atoms with Gasteiger partial charge in [-0.1, -0.05) is 6.92 Å². The van der Waals surface area contributed by atoms with E-state index in [-0.39, 0.29) is 17.3 Å². The van der Waals surface area contributed by atoms with E-state index in [1.54, 1.807) is 11.0 Å². The summed E-state index contributed by atoms with van der Waals surface area (Å²) in [6.45, 7) is 4.22. The SMILES string of the molecule is CC1CCN(C(=O)CN(C)S(=O)(=O)c2ccc3c(c2)OCCO3)CC1. The van der Waals surface area contributed by atoms with Crippen molar-refractivity contribution in [2.24, 2.45) is 5.92 Å². The predicted octanol–water partition coefficient (Wildman–Crippen LogP) is 1.34. The topological polar surface area (TPSA) is 76.2 Å². The third-order valence-electron chi connectivity index (χ3n) is 4.72. The number of amides is 1. The summed E-state index contributed by atoms with van der Waals surface area (Å²) in [6, 6.07) is 4.52. The molecule has 7 nitrogen and oxygen atoms in total. The van der Waals surface area contributed by atoms with Crippen molar-refractivity contribution in [3.05, 3.63) is 18.2 Å². The van der Waals surface area contributed by atoms with Crippen LogP contribution >= 0.6 is 0 Å². The van der Waals surface area contributed by atoms with Crippen molar-refractivity contribution < 1.29 is 22.7 Å². The molecule has 1 fully saturated rings. The largest absolute Gasteiger partial charge is 0.486 e. The van der Waals surface area contributed by atoms with Gasteiger partial charge >= 0.3 is 0 Å². The highest BCUT2D eigenvalue weighted by Crippen LogP contribution is 2.33. The van der Waals surface area contributed by atoms with Crippen molar-refractivity contribution in [3.8, 4) is 11.5 Å². The van der Waals surface area contributed by atoms with E-state index >= 15 is 0 Å². The number of hydrogen-bond donors (Lipinski definition) is 0. The van der Waals surface area contributed by atoms with Crippen LogP contribution < -0.4 is 9.47 Å². The lowest BCUT2D eigenvalue weighted by atomic mass is 9.99. The smallest absolute Gasteiger partial charge is 0.243 e. The monoisotopic (exact) mass is 368 g/mol. The Morgan fingerprint density at radius 3 is 2.52 bits per heavy atom. The molecule has 3 rings (SSSR count). The zero-order chi connectivity index (χ0) is 18.0. The van der Waals surface area contributed by atoms with Gasteiger partial charge < -0.3 is 14.4 Å². The standard InChI is InChI=1S/C17H24N2O5S/c1-13-5-7-19(8-6-13)17(20)12-18(2)25(21,22)14-3-4-15-16(11-14)24-10-9-23-15/h3-4,11,13H,5-10,12H2,1-2H3. The first-order chi connectivity index (χ1) is 11.9. The zero-order valence-corrected chi connectivity index (χ0v) is 15.4. The van der Waals surface area contributed by atoms with Gasteiger partial charge in [0.2, 0.25) is 15.9 Å². The van der Waals surface area contributed by atoms with E-state index in [1.165, 1.54) is 19.2 Å². The molecule has 0 radical (unpaired) electrons. The summed E-state index contributed by atoms with van der Waals surface area (Å²) in [5.74, 6) is 1.40. The molecule has 0 N–H and O–H groups in total. The maximum absolute atomic E-state index is 12.7. The molecule has 1 aromatic carbocycles. The molecule has 0 bridgehead atoms. The van der Waals surface area contributed by atoms with Crippen molar-refractivity contribution in [1.29, 1.82) is 0 Å².